The summed E-state index contributed by atoms with van der Waals surface area (Å²) in [4.78, 5) is 27.0. The Hall–Kier alpha value is -1.91. The molecule has 0 aromatic carbocycles. The number of carboxylic acids is 1. The quantitative estimate of drug-likeness (QED) is 0.793. The lowest BCUT2D eigenvalue weighted by molar-refractivity contribution is -0.120. The fourth-order valence-corrected chi connectivity index (χ4v) is 1.89. The number of hydrogen-bond acceptors (Lipinski definition) is 3. The third-order valence-corrected chi connectivity index (χ3v) is 3.08. The van der Waals surface area contributed by atoms with Gasteiger partial charge in [-0.25, -0.2) is 4.79 Å². The summed E-state index contributed by atoms with van der Waals surface area (Å²) in [5.74, 6) is -1.28. The van der Waals surface area contributed by atoms with Crippen molar-refractivity contribution in [3.63, 3.8) is 0 Å². The molecule has 1 unspecified atom stereocenters. The normalized spacial score (nSPS) is 11.9. The Kier molecular flexibility index (Phi) is 5.99. The molecule has 0 aliphatic carbocycles. The van der Waals surface area contributed by atoms with Crippen molar-refractivity contribution in [2.24, 2.45) is 5.92 Å². The number of aromatic nitrogens is 1. The molecule has 19 heavy (non-hydrogen) atoms. The maximum atomic E-state index is 12.1. The summed E-state index contributed by atoms with van der Waals surface area (Å²) in [6, 6.07) is 1.38. The van der Waals surface area contributed by atoms with Crippen molar-refractivity contribution in [2.45, 2.75) is 39.5 Å². The smallest absolute Gasteiger partial charge is 0.337 e. The van der Waals surface area contributed by atoms with Crippen LogP contribution in [0.3, 0.4) is 0 Å². The fraction of sp³-hybridized carbons (Fsp3) is 0.500. The second kappa shape index (κ2) is 7.51. The number of carboxylic acid groups (broad SMARTS) is 1. The lowest BCUT2D eigenvalue weighted by atomic mass is 9.98. The molecule has 104 valence electrons. The Morgan fingerprint density at radius 1 is 1.42 bits per heavy atom. The van der Waals surface area contributed by atoms with Gasteiger partial charge in [-0.15, -0.1) is 0 Å². The highest BCUT2D eigenvalue weighted by Gasteiger charge is 2.18. The van der Waals surface area contributed by atoms with E-state index >= 15 is 0 Å². The molecule has 1 amide bonds. The molecule has 0 saturated heterocycles. The standard InChI is InChI=1S/C14H20N2O3/c1-3-5-6-10(4-2)13(17)16-12-9-15-8-7-11(12)14(18)19/h7-10H,3-6H2,1-2H3,(H,16,17)(H,18,19). The molecule has 0 bridgehead atoms. The van der Waals surface area contributed by atoms with Crippen LogP contribution in [0, 0.1) is 5.92 Å². The molecule has 2 N–H and O–H groups in total. The van der Waals surface area contributed by atoms with Crippen LogP contribution in [0.5, 0.6) is 0 Å². The lowest BCUT2D eigenvalue weighted by Gasteiger charge is -2.15. The van der Waals surface area contributed by atoms with Gasteiger partial charge in [-0.3, -0.25) is 9.78 Å². The second-order valence-corrected chi connectivity index (χ2v) is 4.46. The third kappa shape index (κ3) is 4.35. The molecule has 5 nitrogen and oxygen atoms in total. The number of amides is 1. The highest BCUT2D eigenvalue weighted by molar-refractivity contribution is 6.00. The van der Waals surface area contributed by atoms with Gasteiger partial charge in [-0.2, -0.15) is 0 Å². The van der Waals surface area contributed by atoms with Crippen molar-refractivity contribution in [3.05, 3.63) is 24.0 Å². The van der Waals surface area contributed by atoms with E-state index in [1.807, 2.05) is 6.92 Å². The molecule has 0 fully saturated rings. The first kappa shape index (κ1) is 15.1. The Balaban J connectivity index is 2.78. The summed E-state index contributed by atoms with van der Waals surface area (Å²) in [5, 5.41) is 11.7. The highest BCUT2D eigenvalue weighted by atomic mass is 16.4. The minimum atomic E-state index is -1.07. The van der Waals surface area contributed by atoms with E-state index in [-0.39, 0.29) is 23.1 Å². The van der Waals surface area contributed by atoms with E-state index in [4.69, 9.17) is 5.11 Å². The minimum absolute atomic E-state index is 0.0636. The van der Waals surface area contributed by atoms with Crippen molar-refractivity contribution in [2.75, 3.05) is 5.32 Å². The molecule has 0 aliphatic heterocycles. The Morgan fingerprint density at radius 2 is 2.16 bits per heavy atom. The van der Waals surface area contributed by atoms with Crippen LogP contribution in [-0.4, -0.2) is 22.0 Å². The molecule has 0 spiro atoms. The number of anilines is 1. The van der Waals surface area contributed by atoms with Gasteiger partial charge in [0.2, 0.25) is 5.91 Å². The zero-order valence-electron chi connectivity index (χ0n) is 11.3. The van der Waals surface area contributed by atoms with Crippen LogP contribution in [-0.2, 0) is 4.79 Å². The van der Waals surface area contributed by atoms with Gasteiger partial charge in [0.1, 0.15) is 0 Å². The zero-order chi connectivity index (χ0) is 14.3. The van der Waals surface area contributed by atoms with Crippen LogP contribution < -0.4 is 5.32 Å². The van der Waals surface area contributed by atoms with E-state index in [1.54, 1.807) is 0 Å². The fourth-order valence-electron chi connectivity index (χ4n) is 1.89. The number of nitrogens with zero attached hydrogens (tertiary/aromatic N) is 1. The summed E-state index contributed by atoms with van der Waals surface area (Å²) in [6.07, 6.45) is 6.36. The van der Waals surface area contributed by atoms with Gasteiger partial charge >= 0.3 is 5.97 Å². The van der Waals surface area contributed by atoms with Crippen LogP contribution >= 0.6 is 0 Å². The summed E-state index contributed by atoms with van der Waals surface area (Å²) in [5.41, 5.74) is 0.323. The predicted molar refractivity (Wildman–Crippen MR) is 73.1 cm³/mol. The monoisotopic (exact) mass is 264 g/mol. The number of carbonyl (C=O) groups is 2. The highest BCUT2D eigenvalue weighted by Crippen LogP contribution is 2.18. The van der Waals surface area contributed by atoms with Crippen molar-refractivity contribution in [1.29, 1.82) is 0 Å². The van der Waals surface area contributed by atoms with E-state index < -0.39 is 5.97 Å². The SMILES string of the molecule is CCCCC(CC)C(=O)Nc1cnccc1C(=O)O. The minimum Gasteiger partial charge on any atom is -0.478 e. The first-order chi connectivity index (χ1) is 9.10. The predicted octanol–water partition coefficient (Wildman–Crippen LogP) is 2.93. The van der Waals surface area contributed by atoms with Crippen LogP contribution in [0.15, 0.2) is 18.5 Å². The molecule has 0 saturated carbocycles. The molecule has 0 radical (unpaired) electrons. The van der Waals surface area contributed by atoms with E-state index in [1.165, 1.54) is 18.5 Å². The number of nitrogens with one attached hydrogen (secondary N) is 1. The van der Waals surface area contributed by atoms with E-state index in [9.17, 15) is 9.59 Å². The summed E-state index contributed by atoms with van der Waals surface area (Å²) < 4.78 is 0. The Morgan fingerprint density at radius 3 is 2.74 bits per heavy atom. The lowest BCUT2D eigenvalue weighted by Crippen LogP contribution is -2.23. The summed E-state index contributed by atoms with van der Waals surface area (Å²) in [6.45, 7) is 4.04. The Bertz CT molecular complexity index is 446. The van der Waals surface area contributed by atoms with Crippen LogP contribution in [0.25, 0.3) is 0 Å². The van der Waals surface area contributed by atoms with E-state index in [0.717, 1.165) is 25.7 Å². The topological polar surface area (TPSA) is 79.3 Å². The first-order valence-corrected chi connectivity index (χ1v) is 6.58. The molecule has 1 aromatic rings. The van der Waals surface area contributed by atoms with Gasteiger partial charge in [0.15, 0.2) is 0 Å². The van der Waals surface area contributed by atoms with Gasteiger partial charge in [0, 0.05) is 12.1 Å². The maximum absolute atomic E-state index is 12.1. The zero-order valence-corrected chi connectivity index (χ0v) is 11.3. The summed E-state index contributed by atoms with van der Waals surface area (Å²) >= 11 is 0. The molecular formula is C14H20N2O3. The van der Waals surface area contributed by atoms with Crippen LogP contribution in [0.4, 0.5) is 5.69 Å². The number of pyridine rings is 1. The van der Waals surface area contributed by atoms with Crippen molar-refractivity contribution < 1.29 is 14.7 Å². The largest absolute Gasteiger partial charge is 0.478 e. The molecule has 1 aromatic heterocycles. The number of hydrogen-bond donors (Lipinski definition) is 2. The molecule has 1 atom stereocenters. The number of carbonyl (C=O) groups excluding carboxylic acids is 1. The molecule has 1 rings (SSSR count). The van der Waals surface area contributed by atoms with Crippen LogP contribution in [0.2, 0.25) is 0 Å². The Labute approximate surface area is 113 Å². The van der Waals surface area contributed by atoms with Gasteiger partial charge in [-0.05, 0) is 18.9 Å². The van der Waals surface area contributed by atoms with E-state index in [2.05, 4.69) is 17.2 Å². The number of unbranched alkanes of at least 4 members (excludes halogenated alkanes) is 1. The first-order valence-electron chi connectivity index (χ1n) is 6.58. The molecule has 5 heteroatoms. The van der Waals surface area contributed by atoms with E-state index in [0.29, 0.717) is 0 Å². The van der Waals surface area contributed by atoms with Crippen molar-refractivity contribution in [3.8, 4) is 0 Å². The number of rotatable bonds is 7. The van der Waals surface area contributed by atoms with Gasteiger partial charge < -0.3 is 10.4 Å². The average Bonchev–Trinajstić information content (AvgIpc) is 2.40. The van der Waals surface area contributed by atoms with Gasteiger partial charge in [-0.1, -0.05) is 26.7 Å². The number of aromatic carboxylic acids is 1. The third-order valence-electron chi connectivity index (χ3n) is 3.08. The van der Waals surface area contributed by atoms with Crippen LogP contribution in [0.1, 0.15) is 49.9 Å². The molecule has 1 heterocycles. The molecular weight excluding hydrogens is 244 g/mol. The van der Waals surface area contributed by atoms with Gasteiger partial charge in [0.05, 0.1) is 17.4 Å². The summed E-state index contributed by atoms with van der Waals surface area (Å²) in [7, 11) is 0. The van der Waals surface area contributed by atoms with Gasteiger partial charge in [0.25, 0.3) is 0 Å². The average molecular weight is 264 g/mol. The van der Waals surface area contributed by atoms with Crippen molar-refractivity contribution >= 4 is 17.6 Å². The maximum Gasteiger partial charge on any atom is 0.337 e. The second-order valence-electron chi connectivity index (χ2n) is 4.46. The molecule has 0 aliphatic rings. The van der Waals surface area contributed by atoms with Crippen molar-refractivity contribution in [1.82, 2.24) is 4.98 Å².